The third-order valence-corrected chi connectivity index (χ3v) is 3.98. The molecule has 1 N–H and O–H groups in total. The fraction of sp³-hybridized carbons (Fsp3) is 0.375. The van der Waals surface area contributed by atoms with Gasteiger partial charge < -0.3 is 14.7 Å². The maximum atomic E-state index is 13.0. The van der Waals surface area contributed by atoms with Gasteiger partial charge in [-0.05, 0) is 31.9 Å². The zero-order valence-corrected chi connectivity index (χ0v) is 12.9. The van der Waals surface area contributed by atoms with Gasteiger partial charge in [0.15, 0.2) is 0 Å². The second-order valence-electron chi connectivity index (χ2n) is 5.69. The van der Waals surface area contributed by atoms with Gasteiger partial charge in [0, 0.05) is 12.6 Å². The minimum atomic E-state index is -4.53. The van der Waals surface area contributed by atoms with E-state index in [0.29, 0.717) is 24.4 Å². The van der Waals surface area contributed by atoms with E-state index in [1.807, 2.05) is 0 Å². The molecule has 0 spiro atoms. The molecule has 1 aliphatic rings. The molecule has 0 radical (unpaired) electrons. The number of carbonyl (C=O) groups excluding carboxylic acids is 1. The van der Waals surface area contributed by atoms with Crippen LogP contribution in [0.3, 0.4) is 0 Å². The molecular weight excluding hydrogens is 323 g/mol. The smallest absolute Gasteiger partial charge is 0.361 e. The van der Waals surface area contributed by atoms with Crippen LogP contribution in [0.5, 0.6) is 0 Å². The summed E-state index contributed by atoms with van der Waals surface area (Å²) in [4.78, 5) is 14.0. The molecule has 1 saturated heterocycles. The number of nitrogens with zero attached hydrogens (tertiary/aromatic N) is 2. The number of para-hydroxylation sites is 1. The van der Waals surface area contributed by atoms with E-state index in [9.17, 15) is 18.0 Å². The molecule has 5 nitrogen and oxygen atoms in total. The van der Waals surface area contributed by atoms with Crippen LogP contribution in [0.4, 0.5) is 23.7 Å². The van der Waals surface area contributed by atoms with Crippen LogP contribution in [0.25, 0.3) is 0 Å². The number of rotatable bonds is 2. The molecule has 2 amide bonds. The van der Waals surface area contributed by atoms with Crippen molar-refractivity contribution >= 4 is 11.7 Å². The fourth-order valence-corrected chi connectivity index (χ4v) is 2.89. The fourth-order valence-electron chi connectivity index (χ4n) is 2.89. The Morgan fingerprint density at radius 2 is 2.12 bits per heavy atom. The van der Waals surface area contributed by atoms with Crippen LogP contribution in [0.1, 0.15) is 35.9 Å². The van der Waals surface area contributed by atoms with Gasteiger partial charge in [-0.15, -0.1) is 0 Å². The summed E-state index contributed by atoms with van der Waals surface area (Å²) in [5.41, 5.74) is -0.507. The Labute approximate surface area is 136 Å². The molecule has 2 aromatic rings. The van der Waals surface area contributed by atoms with E-state index >= 15 is 0 Å². The normalized spacial score (nSPS) is 18.0. The molecule has 0 unspecified atom stereocenters. The maximum absolute atomic E-state index is 13.0. The van der Waals surface area contributed by atoms with E-state index < -0.39 is 17.8 Å². The molecule has 24 heavy (non-hydrogen) atoms. The molecule has 0 saturated carbocycles. The number of likely N-dealkylation sites (tertiary alicyclic amines) is 1. The van der Waals surface area contributed by atoms with Gasteiger partial charge in [-0.25, -0.2) is 4.79 Å². The number of benzene rings is 1. The van der Waals surface area contributed by atoms with Crippen molar-refractivity contribution in [3.63, 3.8) is 0 Å². The highest BCUT2D eigenvalue weighted by atomic mass is 19.4. The van der Waals surface area contributed by atoms with E-state index in [0.717, 1.165) is 12.5 Å². The molecule has 1 aromatic heterocycles. The second kappa shape index (κ2) is 6.18. The summed E-state index contributed by atoms with van der Waals surface area (Å²) in [5.74, 6) is 0.625. The minimum Gasteiger partial charge on any atom is -0.361 e. The van der Waals surface area contributed by atoms with Crippen molar-refractivity contribution in [2.45, 2.75) is 32.0 Å². The van der Waals surface area contributed by atoms with Gasteiger partial charge in [0.05, 0.1) is 17.3 Å². The number of aromatic nitrogens is 1. The summed E-state index contributed by atoms with van der Waals surface area (Å²) in [6.45, 7) is 2.20. The van der Waals surface area contributed by atoms with Crippen LogP contribution < -0.4 is 5.32 Å². The molecule has 0 bridgehead atoms. The van der Waals surface area contributed by atoms with Crippen LogP contribution in [0, 0.1) is 6.92 Å². The average Bonchev–Trinajstić information content (AvgIpc) is 3.15. The van der Waals surface area contributed by atoms with Crippen molar-refractivity contribution in [1.82, 2.24) is 10.1 Å². The summed E-state index contributed by atoms with van der Waals surface area (Å²) < 4.78 is 44.1. The van der Waals surface area contributed by atoms with Crippen LogP contribution in [-0.2, 0) is 6.18 Å². The standard InChI is InChI=1S/C16H16F3N3O2/c1-10-9-13(21-24-10)14-7-4-8-22(14)15(23)20-12-6-3-2-5-11(12)16(17,18)19/h2-3,5-6,9,14H,4,7-8H2,1H3,(H,20,23)/t14-/m1/s1. The van der Waals surface area contributed by atoms with Gasteiger partial charge in [-0.1, -0.05) is 17.3 Å². The first-order valence-corrected chi connectivity index (χ1v) is 7.53. The highest BCUT2D eigenvalue weighted by molar-refractivity contribution is 5.90. The number of anilines is 1. The first-order chi connectivity index (χ1) is 11.4. The Bertz CT molecular complexity index is 742. The number of carbonyl (C=O) groups is 1. The molecule has 2 heterocycles. The van der Waals surface area contributed by atoms with E-state index in [4.69, 9.17) is 4.52 Å². The summed E-state index contributed by atoms with van der Waals surface area (Å²) >= 11 is 0. The van der Waals surface area contributed by atoms with Crippen molar-refractivity contribution < 1.29 is 22.5 Å². The number of urea groups is 1. The maximum Gasteiger partial charge on any atom is 0.418 e. The highest BCUT2D eigenvalue weighted by Crippen LogP contribution is 2.36. The van der Waals surface area contributed by atoms with E-state index in [-0.39, 0.29) is 11.7 Å². The summed E-state index contributed by atoms with van der Waals surface area (Å²) in [6.07, 6.45) is -3.08. The Morgan fingerprint density at radius 3 is 2.79 bits per heavy atom. The predicted molar refractivity (Wildman–Crippen MR) is 80.4 cm³/mol. The van der Waals surface area contributed by atoms with Crippen LogP contribution in [0.15, 0.2) is 34.9 Å². The molecule has 3 rings (SSSR count). The number of nitrogens with one attached hydrogen (secondary N) is 1. The third kappa shape index (κ3) is 3.22. The SMILES string of the molecule is Cc1cc([C@H]2CCCN2C(=O)Nc2ccccc2C(F)(F)F)no1. The van der Waals surface area contributed by atoms with Crippen molar-refractivity contribution in [3.8, 4) is 0 Å². The Kier molecular flexibility index (Phi) is 4.21. The second-order valence-corrected chi connectivity index (χ2v) is 5.69. The molecule has 1 aliphatic heterocycles. The van der Waals surface area contributed by atoms with E-state index in [1.165, 1.54) is 23.1 Å². The molecule has 1 aromatic carbocycles. The number of aryl methyl sites for hydroxylation is 1. The van der Waals surface area contributed by atoms with Crippen molar-refractivity contribution in [1.29, 1.82) is 0 Å². The lowest BCUT2D eigenvalue weighted by molar-refractivity contribution is -0.136. The number of amides is 2. The zero-order chi connectivity index (χ0) is 17.3. The van der Waals surface area contributed by atoms with Crippen molar-refractivity contribution in [2.75, 3.05) is 11.9 Å². The molecule has 0 aliphatic carbocycles. The van der Waals surface area contributed by atoms with Crippen LogP contribution >= 0.6 is 0 Å². The van der Waals surface area contributed by atoms with Crippen molar-refractivity contribution in [3.05, 3.63) is 47.3 Å². The van der Waals surface area contributed by atoms with Crippen molar-refractivity contribution in [2.24, 2.45) is 0 Å². The Balaban J connectivity index is 1.80. The molecule has 8 heteroatoms. The topological polar surface area (TPSA) is 58.4 Å². The number of hydrogen-bond donors (Lipinski definition) is 1. The van der Waals surface area contributed by atoms with Crippen LogP contribution in [0.2, 0.25) is 0 Å². The van der Waals surface area contributed by atoms with E-state index in [2.05, 4.69) is 10.5 Å². The lowest BCUT2D eigenvalue weighted by Gasteiger charge is -2.24. The molecule has 1 fully saturated rings. The quantitative estimate of drug-likeness (QED) is 0.884. The number of alkyl halides is 3. The lowest BCUT2D eigenvalue weighted by atomic mass is 10.1. The number of halogens is 3. The van der Waals surface area contributed by atoms with Gasteiger partial charge in [-0.3, -0.25) is 0 Å². The summed E-state index contributed by atoms with van der Waals surface area (Å²) in [5, 5.41) is 6.29. The van der Waals surface area contributed by atoms with Gasteiger partial charge in [0.2, 0.25) is 0 Å². The monoisotopic (exact) mass is 339 g/mol. The Morgan fingerprint density at radius 1 is 1.38 bits per heavy atom. The molecule has 128 valence electrons. The van der Waals surface area contributed by atoms with Gasteiger partial charge in [-0.2, -0.15) is 13.2 Å². The lowest BCUT2D eigenvalue weighted by Crippen LogP contribution is -2.35. The average molecular weight is 339 g/mol. The predicted octanol–water partition coefficient (Wildman–Crippen LogP) is 4.37. The van der Waals surface area contributed by atoms with Gasteiger partial charge in [0.1, 0.15) is 11.5 Å². The zero-order valence-electron chi connectivity index (χ0n) is 12.9. The van der Waals surface area contributed by atoms with Gasteiger partial charge in [0.25, 0.3) is 0 Å². The Hall–Kier alpha value is -2.51. The minimum absolute atomic E-state index is 0.253. The van der Waals surface area contributed by atoms with E-state index in [1.54, 1.807) is 13.0 Å². The largest absolute Gasteiger partial charge is 0.418 e. The first-order valence-electron chi connectivity index (χ1n) is 7.53. The summed E-state index contributed by atoms with van der Waals surface area (Å²) in [6, 6.07) is 5.79. The molecule has 1 atom stereocenters. The number of hydrogen-bond acceptors (Lipinski definition) is 3. The summed E-state index contributed by atoms with van der Waals surface area (Å²) in [7, 11) is 0. The van der Waals surface area contributed by atoms with Crippen LogP contribution in [-0.4, -0.2) is 22.6 Å². The highest BCUT2D eigenvalue weighted by Gasteiger charge is 2.36. The third-order valence-electron chi connectivity index (χ3n) is 3.98. The van der Waals surface area contributed by atoms with Gasteiger partial charge >= 0.3 is 12.2 Å². The first kappa shape index (κ1) is 16.4. The molecular formula is C16H16F3N3O2.